The van der Waals surface area contributed by atoms with Gasteiger partial charge in [-0.1, -0.05) is 44.2 Å². The van der Waals surface area contributed by atoms with Gasteiger partial charge in [0.2, 0.25) is 0 Å². The van der Waals surface area contributed by atoms with Crippen molar-refractivity contribution in [2.24, 2.45) is 5.92 Å². The first kappa shape index (κ1) is 9.72. The number of hydrogen-bond donors (Lipinski definition) is 0. The molecule has 0 aliphatic carbocycles. The molecule has 1 aromatic rings. The van der Waals surface area contributed by atoms with Crippen molar-refractivity contribution in [3.05, 3.63) is 41.5 Å². The third-order valence-electron chi connectivity index (χ3n) is 1.94. The van der Waals surface area contributed by atoms with Crippen LogP contribution in [-0.2, 0) is 4.79 Å². The first-order valence-electron chi connectivity index (χ1n) is 4.46. The second-order valence-corrected chi connectivity index (χ2v) is 3.33. The molecule has 13 heavy (non-hydrogen) atoms. The third kappa shape index (κ3) is 2.86. The molecule has 0 spiro atoms. The highest BCUT2D eigenvalue weighted by molar-refractivity contribution is 5.82. The van der Waals surface area contributed by atoms with Crippen LogP contribution in [0.1, 0.15) is 19.4 Å². The highest BCUT2D eigenvalue weighted by Gasteiger charge is 2.00. The Morgan fingerprint density at radius 3 is 2.31 bits per heavy atom. The summed E-state index contributed by atoms with van der Waals surface area (Å²) < 4.78 is 0. The molecule has 1 heteroatoms. The van der Waals surface area contributed by atoms with Crippen LogP contribution in [0.2, 0.25) is 0 Å². The van der Waals surface area contributed by atoms with E-state index in [1.165, 1.54) is 0 Å². The molecule has 1 aromatic carbocycles. The Morgan fingerprint density at radius 1 is 1.23 bits per heavy atom. The maximum absolute atomic E-state index is 10.7. The van der Waals surface area contributed by atoms with E-state index in [1.54, 1.807) is 0 Å². The Morgan fingerprint density at radius 2 is 1.85 bits per heavy atom. The fourth-order valence-corrected chi connectivity index (χ4v) is 1.08. The maximum atomic E-state index is 10.7. The van der Waals surface area contributed by atoms with Crippen LogP contribution in [0.5, 0.6) is 0 Å². The Labute approximate surface area is 79.1 Å². The lowest BCUT2D eigenvalue weighted by molar-refractivity contribution is -0.105. The highest BCUT2D eigenvalue weighted by Crippen LogP contribution is 2.11. The Hall–Kier alpha value is -1.37. The quantitative estimate of drug-likeness (QED) is 0.508. The number of carbonyl (C=O) groups is 1. The zero-order valence-corrected chi connectivity index (χ0v) is 8.03. The number of carbonyl (C=O) groups excluding carboxylic acids is 1. The molecular formula is C12H14O. The minimum atomic E-state index is 0.290. The summed E-state index contributed by atoms with van der Waals surface area (Å²) in [6, 6.07) is 9.88. The van der Waals surface area contributed by atoms with Crippen LogP contribution in [-0.4, -0.2) is 6.29 Å². The molecule has 0 unspecified atom stereocenters. The van der Waals surface area contributed by atoms with Crippen molar-refractivity contribution in [2.75, 3.05) is 0 Å². The molecule has 0 atom stereocenters. The molecule has 0 aliphatic heterocycles. The summed E-state index contributed by atoms with van der Waals surface area (Å²) in [6.07, 6.45) is 2.86. The Kier molecular flexibility index (Phi) is 3.44. The van der Waals surface area contributed by atoms with Crippen molar-refractivity contribution in [3.63, 3.8) is 0 Å². The van der Waals surface area contributed by atoms with Crippen molar-refractivity contribution >= 4 is 12.4 Å². The van der Waals surface area contributed by atoms with Gasteiger partial charge in [-0.3, -0.25) is 4.79 Å². The molecule has 0 aromatic heterocycles. The van der Waals surface area contributed by atoms with E-state index >= 15 is 0 Å². The third-order valence-corrected chi connectivity index (χ3v) is 1.94. The molecule has 1 nitrogen and oxygen atoms in total. The van der Waals surface area contributed by atoms with Gasteiger partial charge in [-0.15, -0.1) is 0 Å². The molecule has 0 radical (unpaired) electrons. The molecule has 0 aliphatic rings. The summed E-state index contributed by atoms with van der Waals surface area (Å²) >= 11 is 0. The number of hydrogen-bond acceptors (Lipinski definition) is 1. The van der Waals surface area contributed by atoms with Crippen LogP contribution in [0.25, 0.3) is 6.08 Å². The summed E-state index contributed by atoms with van der Waals surface area (Å²) in [5.74, 6) is 0.290. The van der Waals surface area contributed by atoms with Gasteiger partial charge in [-0.05, 0) is 23.1 Å². The smallest absolute Gasteiger partial charge is 0.146 e. The highest BCUT2D eigenvalue weighted by atomic mass is 16.1. The normalized spacial score (nSPS) is 11.8. The number of rotatable bonds is 3. The first-order valence-corrected chi connectivity index (χ1v) is 4.46. The molecule has 0 saturated heterocycles. The largest absolute Gasteiger partial charge is 0.298 e. The van der Waals surface area contributed by atoms with E-state index in [4.69, 9.17) is 0 Å². The van der Waals surface area contributed by atoms with Crippen molar-refractivity contribution in [1.29, 1.82) is 0 Å². The first-order chi connectivity index (χ1) is 6.24. The standard InChI is InChI=1S/C12H14O/c1-10(2)12(9-13)8-11-6-4-3-5-7-11/h3-10H,1-2H3/b12-8+. The average molecular weight is 174 g/mol. The zero-order valence-electron chi connectivity index (χ0n) is 8.03. The van der Waals surface area contributed by atoms with Crippen LogP contribution >= 0.6 is 0 Å². The van der Waals surface area contributed by atoms with Crippen molar-refractivity contribution in [1.82, 2.24) is 0 Å². The number of aldehydes is 1. The number of allylic oxidation sites excluding steroid dienone is 1. The molecule has 0 amide bonds. The van der Waals surface area contributed by atoms with Gasteiger partial charge < -0.3 is 0 Å². The van der Waals surface area contributed by atoms with Gasteiger partial charge in [0.25, 0.3) is 0 Å². The molecule has 68 valence electrons. The van der Waals surface area contributed by atoms with E-state index in [2.05, 4.69) is 0 Å². The Balaban J connectivity index is 2.92. The molecule has 0 bridgehead atoms. The zero-order chi connectivity index (χ0) is 9.68. The van der Waals surface area contributed by atoms with Gasteiger partial charge in [0, 0.05) is 0 Å². The molecular weight excluding hydrogens is 160 g/mol. The summed E-state index contributed by atoms with van der Waals surface area (Å²) in [5.41, 5.74) is 1.92. The van der Waals surface area contributed by atoms with Gasteiger partial charge in [0.15, 0.2) is 0 Å². The van der Waals surface area contributed by atoms with E-state index in [1.807, 2.05) is 50.3 Å². The average Bonchev–Trinajstić information content (AvgIpc) is 2.15. The van der Waals surface area contributed by atoms with Crippen molar-refractivity contribution < 1.29 is 4.79 Å². The summed E-state index contributed by atoms with van der Waals surface area (Å²) in [7, 11) is 0. The molecule has 1 rings (SSSR count). The molecule has 0 heterocycles. The lowest BCUT2D eigenvalue weighted by Crippen LogP contribution is -1.94. The van der Waals surface area contributed by atoms with Crippen LogP contribution in [0.3, 0.4) is 0 Å². The van der Waals surface area contributed by atoms with E-state index in [0.717, 1.165) is 17.4 Å². The van der Waals surface area contributed by atoms with E-state index in [9.17, 15) is 4.79 Å². The van der Waals surface area contributed by atoms with Crippen molar-refractivity contribution in [2.45, 2.75) is 13.8 Å². The minimum Gasteiger partial charge on any atom is -0.298 e. The van der Waals surface area contributed by atoms with Crippen LogP contribution < -0.4 is 0 Å². The summed E-state index contributed by atoms with van der Waals surface area (Å²) in [5, 5.41) is 0. The SMILES string of the molecule is CC(C)/C(C=O)=C/c1ccccc1. The second kappa shape index (κ2) is 4.61. The fraction of sp³-hybridized carbons (Fsp3) is 0.250. The number of benzene rings is 1. The topological polar surface area (TPSA) is 17.1 Å². The Bertz CT molecular complexity index is 296. The van der Waals surface area contributed by atoms with Crippen molar-refractivity contribution in [3.8, 4) is 0 Å². The lowest BCUT2D eigenvalue weighted by Gasteiger charge is -2.02. The molecule has 0 fully saturated rings. The van der Waals surface area contributed by atoms with E-state index < -0.39 is 0 Å². The monoisotopic (exact) mass is 174 g/mol. The van der Waals surface area contributed by atoms with E-state index in [0.29, 0.717) is 0 Å². The minimum absolute atomic E-state index is 0.290. The van der Waals surface area contributed by atoms with Gasteiger partial charge >= 0.3 is 0 Å². The van der Waals surface area contributed by atoms with Gasteiger partial charge in [-0.25, -0.2) is 0 Å². The molecule has 0 saturated carbocycles. The van der Waals surface area contributed by atoms with Gasteiger partial charge in [0.1, 0.15) is 6.29 Å². The molecule has 0 N–H and O–H groups in total. The fourth-order valence-electron chi connectivity index (χ4n) is 1.08. The predicted octanol–water partition coefficient (Wildman–Crippen LogP) is 2.92. The van der Waals surface area contributed by atoms with Gasteiger partial charge in [0.05, 0.1) is 0 Å². The maximum Gasteiger partial charge on any atom is 0.146 e. The predicted molar refractivity (Wildman–Crippen MR) is 55.3 cm³/mol. The summed E-state index contributed by atoms with van der Waals surface area (Å²) in [6.45, 7) is 4.03. The van der Waals surface area contributed by atoms with Crippen LogP contribution in [0.15, 0.2) is 35.9 Å². The summed E-state index contributed by atoms with van der Waals surface area (Å²) in [4.78, 5) is 10.7. The van der Waals surface area contributed by atoms with Crippen LogP contribution in [0.4, 0.5) is 0 Å². The van der Waals surface area contributed by atoms with Gasteiger partial charge in [-0.2, -0.15) is 0 Å². The lowest BCUT2D eigenvalue weighted by atomic mass is 10.0. The van der Waals surface area contributed by atoms with E-state index in [-0.39, 0.29) is 5.92 Å². The second-order valence-electron chi connectivity index (χ2n) is 3.33. The van der Waals surface area contributed by atoms with Crippen LogP contribution in [0, 0.1) is 5.92 Å².